The number of aromatic nitrogens is 3. The van der Waals surface area contributed by atoms with E-state index in [0.717, 1.165) is 64.4 Å². The average molecular weight is 492 g/mol. The molecule has 0 fully saturated rings. The summed E-state index contributed by atoms with van der Waals surface area (Å²) < 4.78 is 8.31. The summed E-state index contributed by atoms with van der Waals surface area (Å²) in [7, 11) is 0. The van der Waals surface area contributed by atoms with E-state index in [2.05, 4.69) is 43.5 Å². The van der Waals surface area contributed by atoms with E-state index in [0.29, 0.717) is 17.1 Å². The zero-order valence-electron chi connectivity index (χ0n) is 20.6. The van der Waals surface area contributed by atoms with E-state index in [1.54, 1.807) is 12.1 Å². The number of imidazole rings is 1. The van der Waals surface area contributed by atoms with Crippen LogP contribution in [-0.4, -0.2) is 25.6 Å². The third-order valence-corrected chi connectivity index (χ3v) is 6.32. The van der Waals surface area contributed by atoms with Crippen molar-refractivity contribution in [1.29, 1.82) is 0 Å². The third-order valence-electron chi connectivity index (χ3n) is 6.09. The number of ether oxygens (including phenoxy) is 1. The van der Waals surface area contributed by atoms with Gasteiger partial charge in [0.15, 0.2) is 5.65 Å². The Bertz CT molecular complexity index is 1390. The monoisotopic (exact) mass is 491 g/mol. The maximum absolute atomic E-state index is 11.6. The van der Waals surface area contributed by atoms with Crippen LogP contribution in [0.4, 0.5) is 0 Å². The molecule has 7 heteroatoms. The van der Waals surface area contributed by atoms with Gasteiger partial charge in [-0.15, -0.1) is 0 Å². The molecular weight excluding hydrogens is 462 g/mol. The fourth-order valence-electron chi connectivity index (χ4n) is 4.43. The molecule has 0 amide bonds. The number of halogens is 1. The van der Waals surface area contributed by atoms with E-state index >= 15 is 0 Å². The van der Waals surface area contributed by atoms with Gasteiger partial charge in [0.2, 0.25) is 0 Å². The van der Waals surface area contributed by atoms with Gasteiger partial charge in [0.1, 0.15) is 23.7 Å². The summed E-state index contributed by atoms with van der Waals surface area (Å²) in [6.07, 6.45) is 2.65. The summed E-state index contributed by atoms with van der Waals surface area (Å²) >= 11 is 5.98. The fraction of sp³-hybridized carbons (Fsp3) is 0.321. The largest absolute Gasteiger partial charge is 0.489 e. The molecule has 0 saturated heterocycles. The molecule has 0 aliphatic heterocycles. The predicted molar refractivity (Wildman–Crippen MR) is 139 cm³/mol. The van der Waals surface area contributed by atoms with Gasteiger partial charge in [-0.3, -0.25) is 0 Å². The van der Waals surface area contributed by atoms with E-state index < -0.39 is 5.97 Å². The first-order valence-corrected chi connectivity index (χ1v) is 12.3. The van der Waals surface area contributed by atoms with Crippen molar-refractivity contribution in [2.24, 2.45) is 0 Å². The van der Waals surface area contributed by atoms with Crippen molar-refractivity contribution in [2.75, 3.05) is 0 Å². The molecule has 4 rings (SSSR count). The Morgan fingerprint density at radius 3 is 2.57 bits per heavy atom. The lowest BCUT2D eigenvalue weighted by Gasteiger charge is -2.15. The summed E-state index contributed by atoms with van der Waals surface area (Å²) in [6, 6.07) is 13.1. The SMILES string of the molecule is CCCc1cc(Cn2c(CC)nc3c(C)cc(C)nc32)ccc1OCc1ccc(Cl)cc1C(=O)O. The Kier molecular flexibility index (Phi) is 7.41. The fourth-order valence-corrected chi connectivity index (χ4v) is 4.60. The Hall–Kier alpha value is -3.38. The van der Waals surface area contributed by atoms with Crippen LogP contribution in [0.2, 0.25) is 5.02 Å². The molecule has 0 saturated carbocycles. The van der Waals surface area contributed by atoms with Crippen LogP contribution in [0.15, 0.2) is 42.5 Å². The standard InChI is InChI=1S/C28H30ClN3O3/c1-5-7-20-13-19(15-32-25(6-2)31-26-17(3)12-18(4)30-27(26)32)8-11-24(20)35-16-21-9-10-22(29)14-23(21)28(33)34/h8-14H,5-7,15-16H2,1-4H3,(H,33,34). The normalized spacial score (nSPS) is 11.2. The van der Waals surface area contributed by atoms with Gasteiger partial charge in [-0.2, -0.15) is 0 Å². The Morgan fingerprint density at radius 2 is 1.86 bits per heavy atom. The lowest BCUT2D eigenvalue weighted by molar-refractivity contribution is 0.0694. The molecule has 2 heterocycles. The van der Waals surface area contributed by atoms with Crippen LogP contribution >= 0.6 is 11.6 Å². The number of carboxylic acids is 1. The maximum atomic E-state index is 11.6. The van der Waals surface area contributed by atoms with Crippen molar-refractivity contribution >= 4 is 28.7 Å². The van der Waals surface area contributed by atoms with Crippen LogP contribution in [-0.2, 0) is 26.0 Å². The smallest absolute Gasteiger partial charge is 0.336 e. The topological polar surface area (TPSA) is 77.2 Å². The molecule has 0 aliphatic rings. The predicted octanol–water partition coefficient (Wildman–Crippen LogP) is 6.54. The van der Waals surface area contributed by atoms with Gasteiger partial charge in [0.25, 0.3) is 0 Å². The second-order valence-corrected chi connectivity index (χ2v) is 9.24. The number of pyridine rings is 1. The summed E-state index contributed by atoms with van der Waals surface area (Å²) in [6.45, 7) is 9.16. The van der Waals surface area contributed by atoms with Gasteiger partial charge in [-0.1, -0.05) is 50.1 Å². The number of carboxylic acid groups (broad SMARTS) is 1. The van der Waals surface area contributed by atoms with Gasteiger partial charge in [-0.25, -0.2) is 14.8 Å². The first-order chi connectivity index (χ1) is 16.8. The number of fused-ring (bicyclic) bond motifs is 1. The van der Waals surface area contributed by atoms with Crippen molar-refractivity contribution < 1.29 is 14.6 Å². The van der Waals surface area contributed by atoms with E-state index in [1.807, 2.05) is 13.0 Å². The molecule has 0 atom stereocenters. The number of carbonyl (C=O) groups is 1. The number of benzene rings is 2. The number of aryl methyl sites for hydroxylation is 4. The highest BCUT2D eigenvalue weighted by molar-refractivity contribution is 6.30. The zero-order chi connectivity index (χ0) is 25.1. The zero-order valence-corrected chi connectivity index (χ0v) is 21.3. The molecule has 4 aromatic rings. The van der Waals surface area contributed by atoms with Gasteiger partial charge in [0.05, 0.1) is 12.1 Å². The highest BCUT2D eigenvalue weighted by Gasteiger charge is 2.16. The van der Waals surface area contributed by atoms with E-state index in [4.69, 9.17) is 26.3 Å². The molecule has 0 unspecified atom stereocenters. The third kappa shape index (κ3) is 5.33. The van der Waals surface area contributed by atoms with Crippen LogP contribution in [0.3, 0.4) is 0 Å². The number of nitrogens with zero attached hydrogens (tertiary/aromatic N) is 3. The lowest BCUT2D eigenvalue weighted by atomic mass is 10.0. The summed E-state index contributed by atoms with van der Waals surface area (Å²) in [4.78, 5) is 21.3. The minimum atomic E-state index is -1.02. The van der Waals surface area contributed by atoms with E-state index in [-0.39, 0.29) is 12.2 Å². The van der Waals surface area contributed by atoms with Gasteiger partial charge < -0.3 is 14.4 Å². The van der Waals surface area contributed by atoms with Crippen LogP contribution in [0, 0.1) is 13.8 Å². The molecule has 2 aromatic heterocycles. The molecule has 182 valence electrons. The maximum Gasteiger partial charge on any atom is 0.336 e. The molecule has 0 aliphatic carbocycles. The lowest BCUT2D eigenvalue weighted by Crippen LogP contribution is -2.08. The van der Waals surface area contributed by atoms with E-state index in [1.165, 1.54) is 6.07 Å². The minimum Gasteiger partial charge on any atom is -0.489 e. The average Bonchev–Trinajstić information content (AvgIpc) is 3.17. The number of hydrogen-bond acceptors (Lipinski definition) is 4. The summed E-state index contributed by atoms with van der Waals surface area (Å²) in [5.74, 6) is 0.758. The van der Waals surface area contributed by atoms with Crippen molar-refractivity contribution in [3.05, 3.63) is 86.8 Å². The number of rotatable bonds is 9. The number of hydrogen-bond donors (Lipinski definition) is 1. The van der Waals surface area contributed by atoms with E-state index in [9.17, 15) is 9.90 Å². The number of aromatic carboxylic acids is 1. The second-order valence-electron chi connectivity index (χ2n) is 8.81. The molecule has 0 radical (unpaired) electrons. The Balaban J connectivity index is 1.63. The second kappa shape index (κ2) is 10.5. The summed E-state index contributed by atoms with van der Waals surface area (Å²) in [5, 5.41) is 9.90. The van der Waals surface area contributed by atoms with Crippen LogP contribution in [0.25, 0.3) is 11.2 Å². The van der Waals surface area contributed by atoms with Crippen LogP contribution < -0.4 is 4.74 Å². The van der Waals surface area contributed by atoms with Gasteiger partial charge in [0, 0.05) is 22.7 Å². The summed E-state index contributed by atoms with van der Waals surface area (Å²) in [5.41, 5.74) is 6.98. The molecule has 0 bridgehead atoms. The van der Waals surface area contributed by atoms with Crippen molar-refractivity contribution in [3.8, 4) is 5.75 Å². The van der Waals surface area contributed by atoms with Crippen molar-refractivity contribution in [1.82, 2.24) is 14.5 Å². The van der Waals surface area contributed by atoms with Crippen LogP contribution in [0.5, 0.6) is 5.75 Å². The van der Waals surface area contributed by atoms with Crippen molar-refractivity contribution in [3.63, 3.8) is 0 Å². The van der Waals surface area contributed by atoms with Crippen molar-refractivity contribution in [2.45, 2.75) is 60.1 Å². The quantitative estimate of drug-likeness (QED) is 0.287. The molecule has 35 heavy (non-hydrogen) atoms. The minimum absolute atomic E-state index is 0.156. The van der Waals surface area contributed by atoms with Crippen LogP contribution in [0.1, 0.15) is 64.4 Å². The molecule has 0 spiro atoms. The highest BCUT2D eigenvalue weighted by Crippen LogP contribution is 2.27. The highest BCUT2D eigenvalue weighted by atomic mass is 35.5. The molecule has 2 aromatic carbocycles. The molecule has 1 N–H and O–H groups in total. The molecule has 6 nitrogen and oxygen atoms in total. The van der Waals surface area contributed by atoms with Gasteiger partial charge in [-0.05, 0) is 61.2 Å². The molecular formula is C28H30ClN3O3. The first kappa shape index (κ1) is 24.7. The first-order valence-electron chi connectivity index (χ1n) is 11.9. The Labute approximate surface area is 210 Å². The van der Waals surface area contributed by atoms with Gasteiger partial charge >= 0.3 is 5.97 Å². The Morgan fingerprint density at radius 1 is 1.06 bits per heavy atom.